The van der Waals surface area contributed by atoms with Crippen LogP contribution in [0.15, 0.2) is 30.7 Å². The Hall–Kier alpha value is -2.41. The Morgan fingerprint density at radius 3 is 2.92 bits per heavy atom. The maximum Gasteiger partial charge on any atom is 0.252 e. The van der Waals surface area contributed by atoms with E-state index in [9.17, 15) is 9.90 Å². The minimum Gasteiger partial charge on any atom is -0.385 e. The monoisotopic (exact) mass is 357 g/mol. The zero-order valence-electron chi connectivity index (χ0n) is 15.4. The third-order valence-corrected chi connectivity index (χ3v) is 4.90. The number of amides is 1. The molecule has 0 saturated carbocycles. The van der Waals surface area contributed by atoms with Crippen LogP contribution in [0.25, 0.3) is 0 Å². The molecule has 0 aromatic carbocycles. The summed E-state index contributed by atoms with van der Waals surface area (Å²) in [5.41, 5.74) is 0.573. The van der Waals surface area contributed by atoms with E-state index in [-0.39, 0.29) is 11.8 Å². The van der Waals surface area contributed by atoms with Crippen LogP contribution in [0.4, 0.5) is 5.82 Å². The van der Waals surface area contributed by atoms with Crippen LogP contribution in [0.1, 0.15) is 48.5 Å². The largest absolute Gasteiger partial charge is 0.385 e. The topological polar surface area (TPSA) is 83.3 Å². The van der Waals surface area contributed by atoms with Gasteiger partial charge in [0.2, 0.25) is 0 Å². The van der Waals surface area contributed by atoms with Gasteiger partial charge in [-0.3, -0.25) is 4.79 Å². The molecule has 1 fully saturated rings. The van der Waals surface area contributed by atoms with Crippen LogP contribution in [-0.4, -0.2) is 45.2 Å². The summed E-state index contributed by atoms with van der Waals surface area (Å²) in [7, 11) is 1.90. The minimum atomic E-state index is -0.586. The van der Waals surface area contributed by atoms with E-state index in [4.69, 9.17) is 0 Å². The number of nitrogens with zero attached hydrogens (tertiary/aromatic N) is 4. The number of carbonyl (C=O) groups is 1. The number of hydrogen-bond acceptors (Lipinski definition) is 5. The van der Waals surface area contributed by atoms with E-state index >= 15 is 0 Å². The molecular formula is C19H27N5O2. The Bertz CT molecular complexity index is 728. The highest BCUT2D eigenvalue weighted by molar-refractivity contribution is 5.94. The smallest absolute Gasteiger partial charge is 0.252 e. The lowest BCUT2D eigenvalue weighted by molar-refractivity contribution is 0.0874. The van der Waals surface area contributed by atoms with Crippen LogP contribution in [0, 0.1) is 5.92 Å². The number of hydrogen-bond donors (Lipinski definition) is 2. The SMILES string of the molecule is CCCNC(=O)c1ccc(N2CCCC(C(O)c3nccn3C)C2)nc1. The van der Waals surface area contributed by atoms with Crippen LogP contribution in [0.3, 0.4) is 0 Å². The van der Waals surface area contributed by atoms with Crippen molar-refractivity contribution in [2.24, 2.45) is 13.0 Å². The van der Waals surface area contributed by atoms with Gasteiger partial charge in [0.05, 0.1) is 5.56 Å². The number of nitrogens with one attached hydrogen (secondary N) is 1. The van der Waals surface area contributed by atoms with Crippen LogP contribution >= 0.6 is 0 Å². The number of pyridine rings is 1. The summed E-state index contributed by atoms with van der Waals surface area (Å²) in [6, 6.07) is 3.70. The first-order valence-corrected chi connectivity index (χ1v) is 9.24. The van der Waals surface area contributed by atoms with Crippen molar-refractivity contribution in [1.29, 1.82) is 0 Å². The molecule has 7 nitrogen and oxygen atoms in total. The number of aliphatic hydroxyl groups excluding tert-OH is 1. The van der Waals surface area contributed by atoms with Gasteiger partial charge in [0, 0.05) is 51.2 Å². The van der Waals surface area contributed by atoms with Gasteiger partial charge in [-0.1, -0.05) is 6.92 Å². The maximum absolute atomic E-state index is 12.0. The fourth-order valence-corrected chi connectivity index (χ4v) is 3.40. The molecule has 3 rings (SSSR count). The number of aliphatic hydroxyl groups is 1. The molecule has 2 atom stereocenters. The molecule has 140 valence electrons. The number of piperidine rings is 1. The molecule has 0 aliphatic carbocycles. The highest BCUT2D eigenvalue weighted by Gasteiger charge is 2.29. The summed E-state index contributed by atoms with van der Waals surface area (Å²) in [5, 5.41) is 13.6. The summed E-state index contributed by atoms with van der Waals surface area (Å²) >= 11 is 0. The van der Waals surface area contributed by atoms with E-state index < -0.39 is 6.10 Å². The van der Waals surface area contributed by atoms with Crippen molar-refractivity contribution >= 4 is 11.7 Å². The van der Waals surface area contributed by atoms with Crippen LogP contribution in [0.5, 0.6) is 0 Å². The lowest BCUT2D eigenvalue weighted by atomic mass is 9.92. The van der Waals surface area contributed by atoms with Gasteiger partial charge in [-0.25, -0.2) is 9.97 Å². The molecular weight excluding hydrogens is 330 g/mol. The van der Waals surface area contributed by atoms with E-state index in [1.165, 1.54) is 0 Å². The van der Waals surface area contributed by atoms with Crippen molar-refractivity contribution < 1.29 is 9.90 Å². The minimum absolute atomic E-state index is 0.0902. The van der Waals surface area contributed by atoms with Gasteiger partial charge in [0.25, 0.3) is 5.91 Å². The number of aromatic nitrogens is 3. The number of rotatable bonds is 6. The molecule has 1 aliphatic rings. The predicted octanol–water partition coefficient (Wildman–Crippen LogP) is 1.90. The van der Waals surface area contributed by atoms with Crippen molar-refractivity contribution in [3.05, 3.63) is 42.1 Å². The highest BCUT2D eigenvalue weighted by Crippen LogP contribution is 2.30. The van der Waals surface area contributed by atoms with Crippen LogP contribution < -0.4 is 10.2 Å². The molecule has 0 radical (unpaired) electrons. The molecule has 2 aromatic rings. The summed E-state index contributed by atoms with van der Waals surface area (Å²) in [4.78, 5) is 22.9. The molecule has 0 bridgehead atoms. The number of aryl methyl sites for hydroxylation is 1. The molecule has 1 aliphatic heterocycles. The maximum atomic E-state index is 12.0. The zero-order chi connectivity index (χ0) is 18.5. The lowest BCUT2D eigenvalue weighted by Gasteiger charge is -2.35. The van der Waals surface area contributed by atoms with Gasteiger partial charge in [-0.2, -0.15) is 0 Å². The first-order valence-electron chi connectivity index (χ1n) is 9.24. The first kappa shape index (κ1) is 18.4. The van der Waals surface area contributed by atoms with E-state index in [1.807, 2.05) is 36.9 Å². The summed E-state index contributed by atoms with van der Waals surface area (Å²) < 4.78 is 1.87. The average Bonchev–Trinajstić information content (AvgIpc) is 3.11. The fourth-order valence-electron chi connectivity index (χ4n) is 3.40. The fraction of sp³-hybridized carbons (Fsp3) is 0.526. The van der Waals surface area contributed by atoms with E-state index in [0.717, 1.165) is 38.2 Å². The van der Waals surface area contributed by atoms with Crippen molar-refractivity contribution in [3.8, 4) is 0 Å². The van der Waals surface area contributed by atoms with Gasteiger partial charge >= 0.3 is 0 Å². The number of carbonyl (C=O) groups excluding carboxylic acids is 1. The quantitative estimate of drug-likeness (QED) is 0.825. The normalized spacial score (nSPS) is 18.6. The molecule has 1 saturated heterocycles. The first-order chi connectivity index (χ1) is 12.6. The Kier molecular flexibility index (Phi) is 5.88. The zero-order valence-corrected chi connectivity index (χ0v) is 15.4. The Balaban J connectivity index is 1.66. The molecule has 2 N–H and O–H groups in total. The van der Waals surface area contributed by atoms with Crippen LogP contribution in [0.2, 0.25) is 0 Å². The molecule has 1 amide bonds. The van der Waals surface area contributed by atoms with Crippen molar-refractivity contribution in [3.63, 3.8) is 0 Å². The molecule has 2 unspecified atom stereocenters. The standard InChI is InChI=1S/C19H27N5O2/c1-3-8-21-19(26)14-6-7-16(22-12-14)24-10-4-5-15(13-24)17(25)18-20-9-11-23(18)2/h6-7,9,11-12,15,17,25H,3-5,8,10,13H2,1-2H3,(H,21,26). The summed E-state index contributed by atoms with van der Waals surface area (Å²) in [5.74, 6) is 1.56. The second-order valence-electron chi connectivity index (χ2n) is 6.85. The van der Waals surface area contributed by atoms with Crippen molar-refractivity contribution in [2.45, 2.75) is 32.3 Å². The van der Waals surface area contributed by atoms with Crippen molar-refractivity contribution in [2.75, 3.05) is 24.5 Å². The van der Waals surface area contributed by atoms with Gasteiger partial charge in [-0.15, -0.1) is 0 Å². The Morgan fingerprint density at radius 2 is 2.27 bits per heavy atom. The molecule has 2 aromatic heterocycles. The number of imidazole rings is 1. The third-order valence-electron chi connectivity index (χ3n) is 4.90. The highest BCUT2D eigenvalue weighted by atomic mass is 16.3. The lowest BCUT2D eigenvalue weighted by Crippen LogP contribution is -2.38. The second kappa shape index (κ2) is 8.31. The predicted molar refractivity (Wildman–Crippen MR) is 100.0 cm³/mol. The average molecular weight is 357 g/mol. The van der Waals surface area contributed by atoms with Gasteiger partial charge < -0.3 is 19.9 Å². The molecule has 0 spiro atoms. The third kappa shape index (κ3) is 4.04. The Morgan fingerprint density at radius 1 is 1.42 bits per heavy atom. The number of anilines is 1. The molecule has 7 heteroatoms. The van der Waals surface area contributed by atoms with E-state index in [2.05, 4.69) is 20.2 Å². The Labute approximate surface area is 154 Å². The van der Waals surface area contributed by atoms with Gasteiger partial charge in [0.1, 0.15) is 17.7 Å². The van der Waals surface area contributed by atoms with E-state index in [0.29, 0.717) is 17.9 Å². The van der Waals surface area contributed by atoms with E-state index in [1.54, 1.807) is 12.4 Å². The summed E-state index contributed by atoms with van der Waals surface area (Å²) in [6.45, 7) is 4.31. The van der Waals surface area contributed by atoms with Gasteiger partial charge in [-0.05, 0) is 31.4 Å². The van der Waals surface area contributed by atoms with Crippen molar-refractivity contribution in [1.82, 2.24) is 19.9 Å². The summed E-state index contributed by atoms with van der Waals surface area (Å²) in [6.07, 6.45) is 7.46. The second-order valence-corrected chi connectivity index (χ2v) is 6.85. The van der Waals surface area contributed by atoms with Crippen LogP contribution in [-0.2, 0) is 7.05 Å². The van der Waals surface area contributed by atoms with Gasteiger partial charge in [0.15, 0.2) is 0 Å². The molecule has 3 heterocycles. The molecule has 26 heavy (non-hydrogen) atoms.